The van der Waals surface area contributed by atoms with Gasteiger partial charge in [0.15, 0.2) is 0 Å². The maximum Gasteiger partial charge on any atom is 0.303 e. The molecule has 0 saturated carbocycles. The molecule has 0 radical (unpaired) electrons. The zero-order chi connectivity index (χ0) is 14.6. The van der Waals surface area contributed by atoms with E-state index in [1.807, 2.05) is 26.0 Å². The lowest BCUT2D eigenvalue weighted by atomic mass is 10.1. The van der Waals surface area contributed by atoms with Crippen LogP contribution >= 0.6 is 15.9 Å². The van der Waals surface area contributed by atoms with E-state index in [0.29, 0.717) is 5.69 Å². The maximum atomic E-state index is 11.9. The van der Waals surface area contributed by atoms with E-state index in [4.69, 9.17) is 5.11 Å². The van der Waals surface area contributed by atoms with Crippen LogP contribution in [-0.4, -0.2) is 25.2 Å². The Morgan fingerprint density at radius 1 is 1.32 bits per heavy atom. The quantitative estimate of drug-likeness (QED) is 0.826. The summed E-state index contributed by atoms with van der Waals surface area (Å²) in [5.41, 5.74) is 2.18. The monoisotopic (exact) mass is 349 g/mol. The second-order valence-electron chi connectivity index (χ2n) is 4.33. The van der Waals surface area contributed by atoms with Crippen molar-refractivity contribution in [1.82, 2.24) is 0 Å². The van der Waals surface area contributed by atoms with Crippen molar-refractivity contribution in [2.75, 3.05) is 10.5 Å². The molecule has 0 saturated heterocycles. The van der Waals surface area contributed by atoms with Crippen LogP contribution in [0.1, 0.15) is 24.0 Å². The number of sulfonamides is 1. The lowest BCUT2D eigenvalue weighted by Crippen LogP contribution is -2.18. The SMILES string of the molecule is Cc1cc(Br)cc(C)c1NS(=O)(=O)CCCC(=O)O. The molecule has 1 aromatic carbocycles. The van der Waals surface area contributed by atoms with Gasteiger partial charge in [0.1, 0.15) is 0 Å². The molecule has 19 heavy (non-hydrogen) atoms. The zero-order valence-electron chi connectivity index (χ0n) is 10.7. The van der Waals surface area contributed by atoms with Crippen LogP contribution in [0.15, 0.2) is 16.6 Å². The third-order valence-corrected chi connectivity index (χ3v) is 4.36. The third-order valence-electron chi connectivity index (χ3n) is 2.56. The molecule has 0 spiro atoms. The van der Waals surface area contributed by atoms with E-state index in [1.54, 1.807) is 0 Å². The van der Waals surface area contributed by atoms with Gasteiger partial charge in [0.05, 0.1) is 11.4 Å². The molecule has 0 aliphatic carbocycles. The Bertz CT molecular complexity index is 560. The summed E-state index contributed by atoms with van der Waals surface area (Å²) in [6.45, 7) is 3.62. The highest BCUT2D eigenvalue weighted by Gasteiger charge is 2.14. The van der Waals surface area contributed by atoms with Gasteiger partial charge in [-0.1, -0.05) is 15.9 Å². The normalized spacial score (nSPS) is 11.3. The van der Waals surface area contributed by atoms with Crippen molar-refractivity contribution < 1.29 is 18.3 Å². The summed E-state index contributed by atoms with van der Waals surface area (Å²) in [5, 5.41) is 8.50. The molecule has 0 heterocycles. The number of aliphatic carboxylic acids is 1. The Labute approximate surface area is 121 Å². The topological polar surface area (TPSA) is 83.5 Å². The first-order valence-corrected chi connectivity index (χ1v) is 8.15. The Morgan fingerprint density at radius 2 is 1.84 bits per heavy atom. The van der Waals surface area contributed by atoms with Gasteiger partial charge >= 0.3 is 5.97 Å². The van der Waals surface area contributed by atoms with Crippen LogP contribution in [0.4, 0.5) is 5.69 Å². The van der Waals surface area contributed by atoms with Gasteiger partial charge in [-0.2, -0.15) is 0 Å². The second kappa shape index (κ2) is 6.38. The molecule has 106 valence electrons. The highest BCUT2D eigenvalue weighted by molar-refractivity contribution is 9.10. The van der Waals surface area contributed by atoms with E-state index in [2.05, 4.69) is 20.7 Å². The van der Waals surface area contributed by atoms with E-state index < -0.39 is 16.0 Å². The molecule has 2 N–H and O–H groups in total. The molecule has 0 aliphatic heterocycles. The van der Waals surface area contributed by atoms with E-state index in [9.17, 15) is 13.2 Å². The summed E-state index contributed by atoms with van der Waals surface area (Å²) < 4.78 is 27.1. The lowest BCUT2D eigenvalue weighted by molar-refractivity contribution is -0.137. The fourth-order valence-electron chi connectivity index (χ4n) is 1.69. The minimum absolute atomic E-state index is 0.0965. The molecule has 0 unspecified atom stereocenters. The van der Waals surface area contributed by atoms with Gasteiger partial charge < -0.3 is 5.11 Å². The first-order chi connectivity index (χ1) is 8.71. The summed E-state index contributed by atoms with van der Waals surface area (Å²) >= 11 is 3.34. The van der Waals surface area contributed by atoms with Crippen molar-refractivity contribution in [2.45, 2.75) is 26.7 Å². The third kappa shape index (κ3) is 5.20. The molecule has 0 amide bonds. The predicted octanol–water partition coefficient (Wildman–Crippen LogP) is 2.67. The lowest BCUT2D eigenvalue weighted by Gasteiger charge is -2.13. The van der Waals surface area contributed by atoms with Crippen LogP contribution < -0.4 is 4.72 Å². The van der Waals surface area contributed by atoms with Crippen molar-refractivity contribution in [1.29, 1.82) is 0 Å². The van der Waals surface area contributed by atoms with Crippen molar-refractivity contribution in [3.63, 3.8) is 0 Å². The molecule has 0 atom stereocenters. The first kappa shape index (κ1) is 16.0. The maximum absolute atomic E-state index is 11.9. The average Bonchev–Trinajstić information content (AvgIpc) is 2.22. The minimum atomic E-state index is -3.52. The molecule has 7 heteroatoms. The number of carboxylic acids is 1. The van der Waals surface area contributed by atoms with Gasteiger partial charge in [0.2, 0.25) is 10.0 Å². The fourth-order valence-corrected chi connectivity index (χ4v) is 3.64. The zero-order valence-corrected chi connectivity index (χ0v) is 13.1. The fraction of sp³-hybridized carbons (Fsp3) is 0.417. The van der Waals surface area contributed by atoms with Crippen molar-refractivity contribution in [3.05, 3.63) is 27.7 Å². The summed E-state index contributed by atoms with van der Waals surface area (Å²) in [6, 6.07) is 3.64. The smallest absolute Gasteiger partial charge is 0.303 e. The van der Waals surface area contributed by atoms with Crippen LogP contribution in [-0.2, 0) is 14.8 Å². The molecule has 0 bridgehead atoms. The summed E-state index contributed by atoms with van der Waals surface area (Å²) in [4.78, 5) is 10.4. The molecular formula is C12H16BrNO4S. The number of anilines is 1. The Hall–Kier alpha value is -1.08. The van der Waals surface area contributed by atoms with E-state index >= 15 is 0 Å². The summed E-state index contributed by atoms with van der Waals surface area (Å²) in [6.07, 6.45) is -0.0570. The number of carbonyl (C=O) groups is 1. The Morgan fingerprint density at radius 3 is 2.32 bits per heavy atom. The first-order valence-electron chi connectivity index (χ1n) is 5.70. The average molecular weight is 350 g/mol. The molecule has 1 rings (SSSR count). The Kier molecular flexibility index (Phi) is 5.37. The number of hydrogen-bond donors (Lipinski definition) is 2. The van der Waals surface area contributed by atoms with Crippen LogP contribution in [0.3, 0.4) is 0 Å². The number of hydrogen-bond acceptors (Lipinski definition) is 3. The van der Waals surface area contributed by atoms with Crippen molar-refractivity contribution >= 4 is 37.6 Å². The van der Waals surface area contributed by atoms with Gasteiger partial charge in [-0.05, 0) is 43.5 Å². The standard InChI is InChI=1S/C12H16BrNO4S/c1-8-6-10(13)7-9(2)12(8)14-19(17,18)5-3-4-11(15)16/h6-7,14H,3-5H2,1-2H3,(H,15,16). The molecule has 0 aromatic heterocycles. The van der Waals surface area contributed by atoms with E-state index in [1.165, 1.54) is 0 Å². The van der Waals surface area contributed by atoms with Crippen LogP contribution in [0, 0.1) is 13.8 Å². The van der Waals surface area contributed by atoms with Gasteiger partial charge in [-0.25, -0.2) is 8.42 Å². The highest BCUT2D eigenvalue weighted by Crippen LogP contribution is 2.26. The predicted molar refractivity (Wildman–Crippen MR) is 77.9 cm³/mol. The van der Waals surface area contributed by atoms with Crippen LogP contribution in [0.5, 0.6) is 0 Å². The molecule has 0 aliphatic rings. The minimum Gasteiger partial charge on any atom is -0.481 e. The van der Waals surface area contributed by atoms with Crippen LogP contribution in [0.25, 0.3) is 0 Å². The van der Waals surface area contributed by atoms with Crippen LogP contribution in [0.2, 0.25) is 0 Å². The summed E-state index contributed by atoms with van der Waals surface area (Å²) in [5.74, 6) is -1.19. The number of benzene rings is 1. The molecule has 1 aromatic rings. The molecule has 5 nitrogen and oxygen atoms in total. The second-order valence-corrected chi connectivity index (χ2v) is 7.09. The molecule has 0 fully saturated rings. The number of halogens is 1. The number of aryl methyl sites for hydroxylation is 2. The van der Waals surface area contributed by atoms with Gasteiger partial charge in [-0.15, -0.1) is 0 Å². The van der Waals surface area contributed by atoms with Crippen molar-refractivity contribution in [3.8, 4) is 0 Å². The highest BCUT2D eigenvalue weighted by atomic mass is 79.9. The van der Waals surface area contributed by atoms with Gasteiger partial charge in [0.25, 0.3) is 0 Å². The largest absolute Gasteiger partial charge is 0.481 e. The molecular weight excluding hydrogens is 334 g/mol. The summed E-state index contributed by atoms with van der Waals surface area (Å²) in [7, 11) is -3.52. The van der Waals surface area contributed by atoms with Gasteiger partial charge in [-0.3, -0.25) is 9.52 Å². The number of nitrogens with one attached hydrogen (secondary N) is 1. The van der Waals surface area contributed by atoms with E-state index in [-0.39, 0.29) is 18.6 Å². The number of carboxylic acid groups (broad SMARTS) is 1. The van der Waals surface area contributed by atoms with Gasteiger partial charge in [0, 0.05) is 10.9 Å². The van der Waals surface area contributed by atoms with Crippen molar-refractivity contribution in [2.24, 2.45) is 0 Å². The Balaban J connectivity index is 2.81. The van der Waals surface area contributed by atoms with E-state index in [0.717, 1.165) is 15.6 Å². The number of rotatable bonds is 6.